The first kappa shape index (κ1) is 24.4. The van der Waals surface area contributed by atoms with Gasteiger partial charge in [-0.15, -0.1) is 0 Å². The summed E-state index contributed by atoms with van der Waals surface area (Å²) in [6.45, 7) is 4.31. The Morgan fingerprint density at radius 3 is 2.49 bits per heavy atom. The number of aryl methyl sites for hydroxylation is 1. The highest BCUT2D eigenvalue weighted by Crippen LogP contribution is 2.23. The largest absolute Gasteiger partial charge is 0.496 e. The Morgan fingerprint density at radius 1 is 1.03 bits per heavy atom. The second-order valence-corrected chi connectivity index (χ2v) is 8.59. The molecule has 4 rings (SSSR count). The average Bonchev–Trinajstić information content (AvgIpc) is 2.89. The molecule has 3 aromatic carbocycles. The van der Waals surface area contributed by atoms with Crippen molar-refractivity contribution in [3.8, 4) is 5.75 Å². The summed E-state index contributed by atoms with van der Waals surface area (Å²) in [5.41, 5.74) is 6.76. The van der Waals surface area contributed by atoms with Crippen LogP contribution in [0.5, 0.6) is 5.75 Å². The van der Waals surface area contributed by atoms with Crippen molar-refractivity contribution in [1.82, 2.24) is 10.3 Å². The van der Waals surface area contributed by atoms with Crippen molar-refractivity contribution >= 4 is 17.8 Å². The van der Waals surface area contributed by atoms with Crippen LogP contribution in [0.2, 0.25) is 0 Å². The molecule has 0 aromatic heterocycles. The first-order valence-electron chi connectivity index (χ1n) is 11.9. The van der Waals surface area contributed by atoms with Crippen molar-refractivity contribution in [2.75, 3.05) is 38.2 Å². The number of nitrogens with one attached hydrogen (secondary N) is 1. The Kier molecular flexibility index (Phi) is 8.46. The molecule has 1 heterocycles. The predicted octanol–water partition coefficient (Wildman–Crippen LogP) is 4.24. The summed E-state index contributed by atoms with van der Waals surface area (Å²) in [4.78, 5) is 16.8. The molecule has 0 atom stereocenters. The van der Waals surface area contributed by atoms with Crippen molar-refractivity contribution < 1.29 is 13.9 Å². The molecule has 3 aromatic rings. The Hall–Kier alpha value is -3.71. The van der Waals surface area contributed by atoms with Crippen LogP contribution in [0, 0.1) is 5.82 Å². The van der Waals surface area contributed by atoms with Gasteiger partial charge in [-0.2, -0.15) is 5.10 Å². The molecule has 0 unspecified atom stereocenters. The molecule has 1 amide bonds. The SMILES string of the molecule is COc1ccc(C=NNC(=O)CCc2ccccc2)cc1CN1CCN(c2ccc(F)cc2)CC1. The van der Waals surface area contributed by atoms with Crippen molar-refractivity contribution in [2.24, 2.45) is 5.10 Å². The summed E-state index contributed by atoms with van der Waals surface area (Å²) < 4.78 is 18.8. The molecule has 7 heteroatoms. The summed E-state index contributed by atoms with van der Waals surface area (Å²) in [7, 11) is 1.67. The molecule has 35 heavy (non-hydrogen) atoms. The average molecular weight is 475 g/mol. The summed E-state index contributed by atoms with van der Waals surface area (Å²) in [5, 5.41) is 4.13. The molecule has 182 valence electrons. The van der Waals surface area contributed by atoms with Crippen LogP contribution < -0.4 is 15.1 Å². The van der Waals surface area contributed by atoms with Crippen LogP contribution in [0.4, 0.5) is 10.1 Å². The normalized spacial score (nSPS) is 14.3. The monoisotopic (exact) mass is 474 g/mol. The van der Waals surface area contributed by atoms with Gasteiger partial charge in [0.1, 0.15) is 11.6 Å². The second-order valence-electron chi connectivity index (χ2n) is 8.59. The van der Waals surface area contributed by atoms with Gasteiger partial charge in [0.2, 0.25) is 5.91 Å². The van der Waals surface area contributed by atoms with Gasteiger partial charge in [-0.25, -0.2) is 9.82 Å². The van der Waals surface area contributed by atoms with Crippen LogP contribution in [-0.2, 0) is 17.8 Å². The number of carbonyl (C=O) groups excluding carboxylic acids is 1. The third-order valence-electron chi connectivity index (χ3n) is 6.15. The zero-order valence-corrected chi connectivity index (χ0v) is 20.0. The van der Waals surface area contributed by atoms with Crippen molar-refractivity contribution in [3.05, 3.63) is 95.3 Å². The Balaban J connectivity index is 1.29. The zero-order chi connectivity index (χ0) is 24.5. The zero-order valence-electron chi connectivity index (χ0n) is 20.0. The lowest BCUT2D eigenvalue weighted by Crippen LogP contribution is -2.46. The summed E-state index contributed by atoms with van der Waals surface area (Å²) in [6, 6.07) is 22.5. The maximum atomic E-state index is 13.2. The molecule has 1 N–H and O–H groups in total. The van der Waals surface area contributed by atoms with Gasteiger partial charge in [0, 0.05) is 50.4 Å². The Labute approximate surface area is 206 Å². The standard InChI is InChI=1S/C28H31FN4O2/c1-35-27-13-7-23(20-30-31-28(34)14-8-22-5-3-2-4-6-22)19-24(27)21-32-15-17-33(18-16-32)26-11-9-25(29)10-12-26/h2-7,9-13,19-20H,8,14-18,21H2,1H3,(H,31,34). The van der Waals surface area contributed by atoms with Crippen LogP contribution >= 0.6 is 0 Å². The van der Waals surface area contributed by atoms with Crippen LogP contribution in [0.1, 0.15) is 23.1 Å². The smallest absolute Gasteiger partial charge is 0.240 e. The quantitative estimate of drug-likeness (QED) is 0.372. The van der Waals surface area contributed by atoms with E-state index in [-0.39, 0.29) is 11.7 Å². The van der Waals surface area contributed by atoms with Crippen LogP contribution in [-0.4, -0.2) is 50.3 Å². The third-order valence-corrected chi connectivity index (χ3v) is 6.15. The van der Waals surface area contributed by atoms with Crippen molar-refractivity contribution in [2.45, 2.75) is 19.4 Å². The number of hydrazone groups is 1. The number of rotatable bonds is 9. The lowest BCUT2D eigenvalue weighted by molar-refractivity contribution is -0.121. The highest BCUT2D eigenvalue weighted by Gasteiger charge is 2.19. The van der Waals surface area contributed by atoms with Gasteiger partial charge in [0.05, 0.1) is 13.3 Å². The minimum absolute atomic E-state index is 0.113. The van der Waals surface area contributed by atoms with E-state index in [0.29, 0.717) is 12.8 Å². The number of anilines is 1. The molecule has 1 aliphatic rings. The van der Waals surface area contributed by atoms with E-state index in [2.05, 4.69) is 20.3 Å². The van der Waals surface area contributed by atoms with Crippen molar-refractivity contribution in [3.63, 3.8) is 0 Å². The number of halogens is 1. The van der Waals surface area contributed by atoms with Gasteiger partial charge in [0.25, 0.3) is 0 Å². The van der Waals surface area contributed by atoms with Crippen LogP contribution in [0.25, 0.3) is 0 Å². The number of methoxy groups -OCH3 is 1. The first-order valence-corrected chi connectivity index (χ1v) is 11.9. The fourth-order valence-electron chi connectivity index (χ4n) is 4.20. The highest BCUT2D eigenvalue weighted by molar-refractivity contribution is 5.83. The lowest BCUT2D eigenvalue weighted by atomic mass is 10.1. The van der Waals surface area contributed by atoms with E-state index in [1.165, 1.54) is 12.1 Å². The molecular formula is C28H31FN4O2. The minimum Gasteiger partial charge on any atom is -0.496 e. The number of hydrogen-bond donors (Lipinski definition) is 1. The van der Waals surface area contributed by atoms with Gasteiger partial charge in [-0.05, 0) is 60.0 Å². The fourth-order valence-corrected chi connectivity index (χ4v) is 4.20. The highest BCUT2D eigenvalue weighted by atomic mass is 19.1. The summed E-state index contributed by atoms with van der Waals surface area (Å²) in [6.07, 6.45) is 2.73. The maximum absolute atomic E-state index is 13.2. The van der Waals surface area contributed by atoms with E-state index < -0.39 is 0 Å². The second kappa shape index (κ2) is 12.1. The van der Waals surface area contributed by atoms with Gasteiger partial charge in [-0.1, -0.05) is 30.3 Å². The number of piperazine rings is 1. The number of hydrogen-bond acceptors (Lipinski definition) is 5. The summed E-state index contributed by atoms with van der Waals surface area (Å²) in [5.74, 6) is 0.502. The molecule has 0 bridgehead atoms. The number of amides is 1. The summed E-state index contributed by atoms with van der Waals surface area (Å²) >= 11 is 0. The molecule has 1 aliphatic heterocycles. The molecule has 0 radical (unpaired) electrons. The van der Waals surface area contributed by atoms with Gasteiger partial charge in [-0.3, -0.25) is 9.69 Å². The molecule has 0 aliphatic carbocycles. The maximum Gasteiger partial charge on any atom is 0.240 e. The van der Waals surface area contributed by atoms with E-state index in [9.17, 15) is 9.18 Å². The number of nitrogens with zero attached hydrogens (tertiary/aromatic N) is 3. The van der Waals surface area contributed by atoms with Crippen LogP contribution in [0.15, 0.2) is 77.9 Å². The van der Waals surface area contributed by atoms with Gasteiger partial charge >= 0.3 is 0 Å². The van der Waals surface area contributed by atoms with Gasteiger partial charge in [0.15, 0.2) is 0 Å². The van der Waals surface area contributed by atoms with Crippen LogP contribution in [0.3, 0.4) is 0 Å². The first-order chi connectivity index (χ1) is 17.1. The number of carbonyl (C=O) groups is 1. The minimum atomic E-state index is -0.213. The predicted molar refractivity (Wildman–Crippen MR) is 137 cm³/mol. The molecule has 1 fully saturated rings. The number of ether oxygens (including phenoxy) is 1. The topological polar surface area (TPSA) is 57.2 Å². The molecule has 1 saturated heterocycles. The third kappa shape index (κ3) is 7.13. The lowest BCUT2D eigenvalue weighted by Gasteiger charge is -2.36. The number of benzene rings is 3. The molecular weight excluding hydrogens is 443 g/mol. The van der Waals surface area contributed by atoms with E-state index in [0.717, 1.165) is 60.9 Å². The molecule has 6 nitrogen and oxygen atoms in total. The fraction of sp³-hybridized carbons (Fsp3) is 0.286. The Morgan fingerprint density at radius 2 is 1.77 bits per heavy atom. The van der Waals surface area contributed by atoms with Crippen molar-refractivity contribution in [1.29, 1.82) is 0 Å². The van der Waals surface area contributed by atoms with E-state index >= 15 is 0 Å². The van der Waals surface area contributed by atoms with E-state index in [1.54, 1.807) is 13.3 Å². The van der Waals surface area contributed by atoms with E-state index in [1.807, 2.05) is 60.7 Å². The van der Waals surface area contributed by atoms with Gasteiger partial charge < -0.3 is 9.64 Å². The Bertz CT molecular complexity index is 1130. The van der Waals surface area contributed by atoms with E-state index in [4.69, 9.17) is 4.74 Å². The molecule has 0 spiro atoms. The molecule has 0 saturated carbocycles.